The molecule has 1 aromatic carbocycles. The molecule has 1 N–H and O–H groups in total. The first-order chi connectivity index (χ1) is 11.1. The summed E-state index contributed by atoms with van der Waals surface area (Å²) in [4.78, 5) is 13.3. The molecule has 0 aliphatic carbocycles. The first kappa shape index (κ1) is 16.2. The standard InChI is InChI=1S/C17H23NO5/c1-17(21-9-10-22-17)8-2-3-13-4-6-14(7-5-13)18-11-15(12-19)23-16(18)20/h4-7,15,19H,2-3,8-12H2,1H3. The minimum Gasteiger partial charge on any atom is -0.441 e. The fraction of sp³-hybridized carbons (Fsp3) is 0.588. The van der Waals surface area contributed by atoms with E-state index in [4.69, 9.17) is 19.3 Å². The highest BCUT2D eigenvalue weighted by atomic mass is 16.7. The molecule has 2 aliphatic heterocycles. The number of aryl methyl sites for hydroxylation is 1. The van der Waals surface area contributed by atoms with Crippen LogP contribution in [-0.4, -0.2) is 49.5 Å². The van der Waals surface area contributed by atoms with E-state index in [0.29, 0.717) is 19.8 Å². The lowest BCUT2D eigenvalue weighted by Gasteiger charge is -2.22. The van der Waals surface area contributed by atoms with Gasteiger partial charge in [0.05, 0.1) is 26.4 Å². The van der Waals surface area contributed by atoms with Crippen LogP contribution in [0.3, 0.4) is 0 Å². The second-order valence-corrected chi connectivity index (χ2v) is 6.15. The molecule has 0 radical (unpaired) electrons. The lowest BCUT2D eigenvalue weighted by Crippen LogP contribution is -2.25. The number of hydrogen-bond acceptors (Lipinski definition) is 5. The molecule has 2 fully saturated rings. The number of cyclic esters (lactones) is 1. The number of hydrogen-bond donors (Lipinski definition) is 1. The maximum atomic E-state index is 11.7. The Kier molecular flexibility index (Phi) is 4.84. The molecule has 6 nitrogen and oxygen atoms in total. The summed E-state index contributed by atoms with van der Waals surface area (Å²) in [6, 6.07) is 7.88. The monoisotopic (exact) mass is 321 g/mol. The first-order valence-electron chi connectivity index (χ1n) is 8.05. The normalized spacial score (nSPS) is 23.3. The van der Waals surface area contributed by atoms with Gasteiger partial charge in [-0.1, -0.05) is 12.1 Å². The predicted molar refractivity (Wildman–Crippen MR) is 84.4 cm³/mol. The molecule has 1 atom stereocenters. The van der Waals surface area contributed by atoms with Crippen LogP contribution < -0.4 is 4.90 Å². The Morgan fingerprint density at radius 2 is 1.96 bits per heavy atom. The van der Waals surface area contributed by atoms with Gasteiger partial charge in [-0.3, -0.25) is 4.90 Å². The summed E-state index contributed by atoms with van der Waals surface area (Å²) in [5.41, 5.74) is 2.01. The predicted octanol–water partition coefficient (Wildman–Crippen LogP) is 2.09. The Labute approximate surface area is 135 Å². The number of amides is 1. The minimum absolute atomic E-state index is 0.150. The zero-order valence-electron chi connectivity index (χ0n) is 13.4. The Hall–Kier alpha value is -1.63. The fourth-order valence-electron chi connectivity index (χ4n) is 2.98. The van der Waals surface area contributed by atoms with E-state index in [2.05, 4.69) is 0 Å². The molecule has 6 heteroatoms. The van der Waals surface area contributed by atoms with Crippen molar-refractivity contribution in [2.45, 2.75) is 38.1 Å². The Bertz CT molecular complexity index is 538. The lowest BCUT2D eigenvalue weighted by atomic mass is 10.0. The van der Waals surface area contributed by atoms with E-state index in [1.54, 1.807) is 4.90 Å². The molecule has 23 heavy (non-hydrogen) atoms. The van der Waals surface area contributed by atoms with Crippen molar-refractivity contribution in [3.8, 4) is 0 Å². The average molecular weight is 321 g/mol. The van der Waals surface area contributed by atoms with E-state index in [1.165, 1.54) is 5.56 Å². The Balaban J connectivity index is 1.52. The van der Waals surface area contributed by atoms with Crippen molar-refractivity contribution in [3.63, 3.8) is 0 Å². The van der Waals surface area contributed by atoms with Crippen molar-refractivity contribution >= 4 is 11.8 Å². The number of anilines is 1. The van der Waals surface area contributed by atoms with Gasteiger partial charge < -0.3 is 19.3 Å². The quantitative estimate of drug-likeness (QED) is 0.869. The van der Waals surface area contributed by atoms with Crippen molar-refractivity contribution in [1.29, 1.82) is 0 Å². The third-order valence-electron chi connectivity index (χ3n) is 4.32. The molecule has 0 bridgehead atoms. The third kappa shape index (κ3) is 3.83. The van der Waals surface area contributed by atoms with Gasteiger partial charge in [-0.2, -0.15) is 0 Å². The summed E-state index contributed by atoms with van der Waals surface area (Å²) in [5.74, 6) is -0.432. The smallest absolute Gasteiger partial charge is 0.414 e. The number of carbonyl (C=O) groups excluding carboxylic acids is 1. The maximum Gasteiger partial charge on any atom is 0.414 e. The average Bonchev–Trinajstić information content (AvgIpc) is 3.14. The van der Waals surface area contributed by atoms with Crippen molar-refractivity contribution in [3.05, 3.63) is 29.8 Å². The van der Waals surface area contributed by atoms with Crippen LogP contribution in [0, 0.1) is 0 Å². The molecule has 1 unspecified atom stereocenters. The second-order valence-electron chi connectivity index (χ2n) is 6.15. The molecule has 1 aromatic rings. The fourth-order valence-corrected chi connectivity index (χ4v) is 2.98. The van der Waals surface area contributed by atoms with Gasteiger partial charge in [0.1, 0.15) is 6.10 Å². The summed E-state index contributed by atoms with van der Waals surface area (Å²) in [7, 11) is 0. The van der Waals surface area contributed by atoms with E-state index in [9.17, 15) is 4.79 Å². The summed E-state index contributed by atoms with van der Waals surface area (Å²) in [5, 5.41) is 9.08. The molecule has 2 heterocycles. The van der Waals surface area contributed by atoms with Crippen LogP contribution in [0.5, 0.6) is 0 Å². The van der Waals surface area contributed by atoms with Gasteiger partial charge in [0.2, 0.25) is 0 Å². The molecule has 2 saturated heterocycles. The molecule has 0 spiro atoms. The Morgan fingerprint density at radius 3 is 2.57 bits per heavy atom. The van der Waals surface area contributed by atoms with Crippen LogP contribution in [0.4, 0.5) is 10.5 Å². The zero-order chi connectivity index (χ0) is 16.3. The zero-order valence-corrected chi connectivity index (χ0v) is 13.4. The molecular weight excluding hydrogens is 298 g/mol. The second kappa shape index (κ2) is 6.86. The highest BCUT2D eigenvalue weighted by Gasteiger charge is 2.32. The molecule has 3 rings (SSSR count). The lowest BCUT2D eigenvalue weighted by molar-refractivity contribution is -0.147. The van der Waals surface area contributed by atoms with Crippen LogP contribution in [0.25, 0.3) is 0 Å². The van der Waals surface area contributed by atoms with Gasteiger partial charge >= 0.3 is 6.09 Å². The maximum absolute atomic E-state index is 11.7. The minimum atomic E-state index is -0.436. The molecule has 1 amide bonds. The highest BCUT2D eigenvalue weighted by molar-refractivity contribution is 5.89. The van der Waals surface area contributed by atoms with Crippen LogP contribution >= 0.6 is 0 Å². The van der Waals surface area contributed by atoms with Crippen molar-refractivity contribution in [1.82, 2.24) is 0 Å². The van der Waals surface area contributed by atoms with Crippen molar-refractivity contribution in [2.24, 2.45) is 0 Å². The number of aliphatic hydroxyl groups excluding tert-OH is 1. The van der Waals surface area contributed by atoms with Gasteiger partial charge in [-0.05, 0) is 37.5 Å². The van der Waals surface area contributed by atoms with E-state index in [1.807, 2.05) is 31.2 Å². The number of ether oxygens (including phenoxy) is 3. The number of carbonyl (C=O) groups is 1. The van der Waals surface area contributed by atoms with E-state index < -0.39 is 18.0 Å². The van der Waals surface area contributed by atoms with Crippen molar-refractivity contribution in [2.75, 3.05) is 31.3 Å². The van der Waals surface area contributed by atoms with E-state index >= 15 is 0 Å². The Morgan fingerprint density at radius 1 is 1.26 bits per heavy atom. The number of rotatable bonds is 6. The number of benzene rings is 1. The highest BCUT2D eigenvalue weighted by Crippen LogP contribution is 2.26. The van der Waals surface area contributed by atoms with Crippen molar-refractivity contribution < 1.29 is 24.1 Å². The van der Waals surface area contributed by atoms with Gasteiger partial charge in [0.15, 0.2) is 5.79 Å². The van der Waals surface area contributed by atoms with Gasteiger partial charge in [-0.15, -0.1) is 0 Å². The van der Waals surface area contributed by atoms with Gasteiger partial charge in [0, 0.05) is 12.1 Å². The SMILES string of the molecule is CC1(CCCc2ccc(N3CC(CO)OC3=O)cc2)OCCO1. The number of nitrogens with zero attached hydrogens (tertiary/aromatic N) is 1. The van der Waals surface area contributed by atoms with Crippen LogP contribution in [0.15, 0.2) is 24.3 Å². The van der Waals surface area contributed by atoms with Gasteiger partial charge in [0.25, 0.3) is 0 Å². The molecule has 0 aromatic heterocycles. The molecule has 2 aliphatic rings. The largest absolute Gasteiger partial charge is 0.441 e. The first-order valence-corrected chi connectivity index (χ1v) is 8.05. The molecular formula is C17H23NO5. The van der Waals surface area contributed by atoms with Gasteiger partial charge in [-0.25, -0.2) is 4.79 Å². The topological polar surface area (TPSA) is 68.2 Å². The molecule has 126 valence electrons. The summed E-state index contributed by atoms with van der Waals surface area (Å²) >= 11 is 0. The number of aliphatic hydroxyl groups is 1. The van der Waals surface area contributed by atoms with E-state index in [-0.39, 0.29) is 6.61 Å². The van der Waals surface area contributed by atoms with Crippen LogP contribution in [0.2, 0.25) is 0 Å². The van der Waals surface area contributed by atoms with Crippen LogP contribution in [-0.2, 0) is 20.6 Å². The van der Waals surface area contributed by atoms with E-state index in [0.717, 1.165) is 24.9 Å². The van der Waals surface area contributed by atoms with Crippen LogP contribution in [0.1, 0.15) is 25.3 Å². The molecule has 0 saturated carbocycles. The summed E-state index contributed by atoms with van der Waals surface area (Å²) < 4.78 is 16.2. The summed E-state index contributed by atoms with van der Waals surface area (Å²) in [6.07, 6.45) is 1.95. The summed E-state index contributed by atoms with van der Waals surface area (Å²) in [6.45, 7) is 3.57. The third-order valence-corrected chi connectivity index (χ3v) is 4.32.